The van der Waals surface area contributed by atoms with Crippen LogP contribution in [0.3, 0.4) is 0 Å². The number of nitrogens with zero attached hydrogens (tertiary/aromatic N) is 1. The molecule has 0 aliphatic carbocycles. The monoisotopic (exact) mass is 361 g/mol. The summed E-state index contributed by atoms with van der Waals surface area (Å²) in [7, 11) is 0. The second-order valence-corrected chi connectivity index (χ2v) is 5.71. The summed E-state index contributed by atoms with van der Waals surface area (Å²) in [6.07, 6.45) is 0. The van der Waals surface area contributed by atoms with Crippen LogP contribution in [0.25, 0.3) is 0 Å². The van der Waals surface area contributed by atoms with Crippen LogP contribution in [0.1, 0.15) is 26.3 Å². The molecule has 0 fully saturated rings. The average Bonchev–Trinajstić information content (AvgIpc) is 2.59. The Labute approximate surface area is 149 Å². The van der Waals surface area contributed by atoms with Gasteiger partial charge in [-0.1, -0.05) is 17.7 Å². The van der Waals surface area contributed by atoms with E-state index in [0.717, 1.165) is 0 Å². The number of benzene rings is 2. The van der Waals surface area contributed by atoms with Gasteiger partial charge in [0.1, 0.15) is 0 Å². The van der Waals surface area contributed by atoms with E-state index in [9.17, 15) is 19.7 Å². The fraction of sp³-hybridized carbons (Fsp3) is 0.176. The first-order valence-corrected chi connectivity index (χ1v) is 7.83. The van der Waals surface area contributed by atoms with Gasteiger partial charge in [-0.2, -0.15) is 0 Å². The van der Waals surface area contributed by atoms with Gasteiger partial charge in [-0.3, -0.25) is 19.7 Å². The lowest BCUT2D eigenvalue weighted by Crippen LogP contribution is -2.34. The maximum atomic E-state index is 12.1. The average molecular weight is 362 g/mol. The molecule has 25 heavy (non-hydrogen) atoms. The summed E-state index contributed by atoms with van der Waals surface area (Å²) >= 11 is 5.76. The highest BCUT2D eigenvalue weighted by Crippen LogP contribution is 2.17. The Bertz CT molecular complexity index is 806. The molecule has 2 aromatic carbocycles. The Morgan fingerprint density at radius 2 is 1.64 bits per heavy atom. The summed E-state index contributed by atoms with van der Waals surface area (Å²) in [4.78, 5) is 34.3. The number of nitro groups is 1. The third-order valence-electron chi connectivity index (χ3n) is 3.48. The normalized spacial score (nSPS) is 10.2. The largest absolute Gasteiger partial charge is 0.350 e. The zero-order valence-corrected chi connectivity index (χ0v) is 14.2. The Hall–Kier alpha value is -2.93. The lowest BCUT2D eigenvalue weighted by atomic mass is 10.1. The standard InChI is InChI=1S/C17H16ClN3O4/c1-11-2-7-14(21(24)25)10-15(11)17(23)20-9-8-19-16(22)12-3-5-13(18)6-4-12/h2-7,10H,8-9H2,1H3,(H,19,22)(H,20,23). The molecular weight excluding hydrogens is 346 g/mol. The number of rotatable bonds is 6. The van der Waals surface area contributed by atoms with Crippen molar-refractivity contribution < 1.29 is 14.5 Å². The molecule has 0 heterocycles. The van der Waals surface area contributed by atoms with E-state index in [1.165, 1.54) is 18.2 Å². The molecule has 0 aliphatic heterocycles. The Morgan fingerprint density at radius 1 is 1.04 bits per heavy atom. The molecule has 2 amide bonds. The molecule has 0 spiro atoms. The van der Waals surface area contributed by atoms with Crippen molar-refractivity contribution in [2.75, 3.05) is 13.1 Å². The van der Waals surface area contributed by atoms with Crippen LogP contribution in [0.4, 0.5) is 5.69 Å². The second-order valence-electron chi connectivity index (χ2n) is 5.28. The Morgan fingerprint density at radius 3 is 2.24 bits per heavy atom. The highest BCUT2D eigenvalue weighted by molar-refractivity contribution is 6.30. The molecule has 0 saturated heterocycles. The lowest BCUT2D eigenvalue weighted by molar-refractivity contribution is -0.384. The highest BCUT2D eigenvalue weighted by Gasteiger charge is 2.14. The van der Waals surface area contributed by atoms with Crippen LogP contribution in [-0.4, -0.2) is 29.8 Å². The number of non-ortho nitro benzene ring substituents is 1. The topological polar surface area (TPSA) is 101 Å². The smallest absolute Gasteiger partial charge is 0.270 e. The van der Waals surface area contributed by atoms with Gasteiger partial charge in [-0.05, 0) is 36.8 Å². The molecule has 0 aromatic heterocycles. The van der Waals surface area contributed by atoms with Gasteiger partial charge in [0, 0.05) is 41.4 Å². The first kappa shape index (κ1) is 18.4. The van der Waals surface area contributed by atoms with Gasteiger partial charge >= 0.3 is 0 Å². The summed E-state index contributed by atoms with van der Waals surface area (Å²) in [5.41, 5.74) is 1.18. The van der Waals surface area contributed by atoms with Crippen molar-refractivity contribution >= 4 is 29.1 Å². The zero-order valence-electron chi connectivity index (χ0n) is 13.4. The van der Waals surface area contributed by atoms with Gasteiger partial charge in [-0.25, -0.2) is 0 Å². The van der Waals surface area contributed by atoms with Crippen molar-refractivity contribution in [3.05, 3.63) is 74.3 Å². The van der Waals surface area contributed by atoms with Crippen molar-refractivity contribution in [3.63, 3.8) is 0 Å². The number of amides is 2. The number of hydrogen-bond donors (Lipinski definition) is 2. The molecule has 0 unspecified atom stereocenters. The van der Waals surface area contributed by atoms with Gasteiger partial charge in [0.2, 0.25) is 0 Å². The molecule has 0 bridgehead atoms. The highest BCUT2D eigenvalue weighted by atomic mass is 35.5. The molecular formula is C17H16ClN3O4. The van der Waals surface area contributed by atoms with E-state index < -0.39 is 10.8 Å². The number of aryl methyl sites for hydroxylation is 1. The van der Waals surface area contributed by atoms with E-state index in [0.29, 0.717) is 16.1 Å². The molecule has 2 N–H and O–H groups in total. The van der Waals surface area contributed by atoms with Crippen LogP contribution in [0.15, 0.2) is 42.5 Å². The van der Waals surface area contributed by atoms with Crippen molar-refractivity contribution in [1.82, 2.24) is 10.6 Å². The van der Waals surface area contributed by atoms with E-state index in [4.69, 9.17) is 11.6 Å². The molecule has 0 aliphatic rings. The van der Waals surface area contributed by atoms with Crippen molar-refractivity contribution in [2.24, 2.45) is 0 Å². The molecule has 7 nitrogen and oxygen atoms in total. The van der Waals surface area contributed by atoms with Gasteiger partial charge in [0.25, 0.3) is 17.5 Å². The van der Waals surface area contributed by atoms with Crippen LogP contribution in [0, 0.1) is 17.0 Å². The minimum atomic E-state index is -0.553. The van der Waals surface area contributed by atoms with Crippen LogP contribution in [0.5, 0.6) is 0 Å². The first-order chi connectivity index (χ1) is 11.9. The maximum Gasteiger partial charge on any atom is 0.270 e. The minimum absolute atomic E-state index is 0.146. The first-order valence-electron chi connectivity index (χ1n) is 7.45. The third kappa shape index (κ3) is 5.02. The van der Waals surface area contributed by atoms with Crippen LogP contribution in [0.2, 0.25) is 5.02 Å². The van der Waals surface area contributed by atoms with E-state index in [1.54, 1.807) is 31.2 Å². The number of nitrogens with one attached hydrogen (secondary N) is 2. The van der Waals surface area contributed by atoms with E-state index in [1.807, 2.05) is 0 Å². The van der Waals surface area contributed by atoms with E-state index in [-0.39, 0.29) is 30.2 Å². The second kappa shape index (κ2) is 8.25. The third-order valence-corrected chi connectivity index (χ3v) is 3.73. The molecule has 130 valence electrons. The lowest BCUT2D eigenvalue weighted by Gasteiger charge is -2.09. The summed E-state index contributed by atoms with van der Waals surface area (Å²) in [5, 5.41) is 16.6. The fourth-order valence-corrected chi connectivity index (χ4v) is 2.24. The predicted molar refractivity (Wildman–Crippen MR) is 94.0 cm³/mol. The summed E-state index contributed by atoms with van der Waals surface area (Å²) < 4.78 is 0. The van der Waals surface area contributed by atoms with Crippen LogP contribution < -0.4 is 10.6 Å². The number of carbonyl (C=O) groups is 2. The number of nitro benzene ring substituents is 1. The SMILES string of the molecule is Cc1ccc([N+](=O)[O-])cc1C(=O)NCCNC(=O)c1ccc(Cl)cc1. The fourth-order valence-electron chi connectivity index (χ4n) is 2.12. The quantitative estimate of drug-likeness (QED) is 0.469. The molecule has 2 aromatic rings. The van der Waals surface area contributed by atoms with Crippen LogP contribution >= 0.6 is 11.6 Å². The molecule has 0 radical (unpaired) electrons. The van der Waals surface area contributed by atoms with Gasteiger partial charge in [0.15, 0.2) is 0 Å². The van der Waals surface area contributed by atoms with E-state index >= 15 is 0 Å². The van der Waals surface area contributed by atoms with Crippen molar-refractivity contribution in [2.45, 2.75) is 6.92 Å². The summed E-state index contributed by atoms with van der Waals surface area (Å²) in [6.45, 7) is 2.11. The molecule has 8 heteroatoms. The summed E-state index contributed by atoms with van der Waals surface area (Å²) in [5.74, 6) is -0.709. The minimum Gasteiger partial charge on any atom is -0.350 e. The predicted octanol–water partition coefficient (Wildman–Crippen LogP) is 2.72. The number of halogens is 1. The zero-order chi connectivity index (χ0) is 18.4. The van der Waals surface area contributed by atoms with E-state index in [2.05, 4.69) is 10.6 Å². The van der Waals surface area contributed by atoms with Crippen molar-refractivity contribution in [3.8, 4) is 0 Å². The number of hydrogen-bond acceptors (Lipinski definition) is 4. The van der Waals surface area contributed by atoms with Crippen LogP contribution in [-0.2, 0) is 0 Å². The van der Waals surface area contributed by atoms with Gasteiger partial charge in [-0.15, -0.1) is 0 Å². The molecule has 0 atom stereocenters. The van der Waals surface area contributed by atoms with Crippen molar-refractivity contribution in [1.29, 1.82) is 0 Å². The number of carbonyl (C=O) groups excluding carboxylic acids is 2. The van der Waals surface area contributed by atoms with Gasteiger partial charge < -0.3 is 10.6 Å². The molecule has 0 saturated carbocycles. The Kier molecular flexibility index (Phi) is 6.08. The van der Waals surface area contributed by atoms with Gasteiger partial charge in [0.05, 0.1) is 4.92 Å². The summed E-state index contributed by atoms with van der Waals surface area (Å²) in [6, 6.07) is 10.5. The maximum absolute atomic E-state index is 12.1. The Balaban J connectivity index is 1.86. The molecule has 2 rings (SSSR count).